The number of rotatable bonds is 9. The number of carbonyl (C=O) groups is 2. The van der Waals surface area contributed by atoms with E-state index in [1.807, 2.05) is 6.92 Å². The van der Waals surface area contributed by atoms with Gasteiger partial charge in [-0.2, -0.15) is 0 Å². The Kier molecular flexibility index (Phi) is 7.04. The molecule has 0 atom stereocenters. The molecule has 1 aliphatic heterocycles. The predicted molar refractivity (Wildman–Crippen MR) is 129 cm³/mol. The minimum atomic E-state index is -0.773. The van der Waals surface area contributed by atoms with Crippen LogP contribution in [0.1, 0.15) is 37.5 Å². The number of fused-ring (bicyclic) bond motifs is 1. The molecule has 0 saturated heterocycles. The summed E-state index contributed by atoms with van der Waals surface area (Å²) in [5.41, 5.74) is 6.31. The van der Waals surface area contributed by atoms with Crippen molar-refractivity contribution in [1.29, 1.82) is 0 Å². The Balaban J connectivity index is 1.61. The summed E-state index contributed by atoms with van der Waals surface area (Å²) in [5.74, 6) is 0.175. The van der Waals surface area contributed by atoms with Crippen molar-refractivity contribution in [2.45, 2.75) is 45.7 Å². The molecule has 0 unspecified atom stereocenters. The van der Waals surface area contributed by atoms with Crippen molar-refractivity contribution in [2.24, 2.45) is 0 Å². The molecule has 2 amide bonds. The van der Waals surface area contributed by atoms with Gasteiger partial charge in [-0.3, -0.25) is 28.8 Å². The highest BCUT2D eigenvalue weighted by Gasteiger charge is 2.26. The molecule has 3 aromatic rings. The van der Waals surface area contributed by atoms with Gasteiger partial charge in [0, 0.05) is 18.7 Å². The van der Waals surface area contributed by atoms with E-state index in [0.717, 1.165) is 16.9 Å². The van der Waals surface area contributed by atoms with Crippen LogP contribution in [0.3, 0.4) is 0 Å². The summed E-state index contributed by atoms with van der Waals surface area (Å²) in [4.78, 5) is 53.4. The highest BCUT2D eigenvalue weighted by molar-refractivity contribution is 5.96. The first kappa shape index (κ1) is 23.9. The van der Waals surface area contributed by atoms with Gasteiger partial charge < -0.3 is 20.2 Å². The number of nitrogens with one attached hydrogen (secondary N) is 2. The summed E-state index contributed by atoms with van der Waals surface area (Å²) in [6, 6.07) is 8.47. The average Bonchev–Trinajstić information content (AvgIpc) is 3.35. The molecule has 4 rings (SSSR count). The first-order valence-corrected chi connectivity index (χ1v) is 11.4. The summed E-state index contributed by atoms with van der Waals surface area (Å²) in [5, 5.41) is 2.79. The van der Waals surface area contributed by atoms with Gasteiger partial charge in [-0.1, -0.05) is 13.3 Å². The van der Waals surface area contributed by atoms with Gasteiger partial charge >= 0.3 is 5.69 Å². The van der Waals surface area contributed by atoms with Gasteiger partial charge in [-0.25, -0.2) is 4.79 Å². The molecule has 35 heavy (non-hydrogen) atoms. The Labute approximate surface area is 200 Å². The molecule has 0 aliphatic carbocycles. The maximum atomic E-state index is 13.3. The fraction of sp³-hybridized carbons (Fsp3) is 0.333. The van der Waals surface area contributed by atoms with Crippen LogP contribution in [0, 0.1) is 0 Å². The monoisotopic (exact) mass is 481 g/mol. The minimum Gasteiger partial charge on any atom is -0.484 e. The highest BCUT2D eigenvalue weighted by Crippen LogP contribution is 2.27. The standard InChI is InChI=1S/C24H27N5O6/c1-2-3-10-28-22(25)21(23(32)27-24(28)33)29(13-17-5-4-11-34-17)20(31)14-35-16-7-8-18-15(12-16)6-9-19(30)26-18/h4-5,7-8,11-12H,2-3,6,9-10,13-14,25H2,1H3,(H,26,30)(H,27,32,33). The Morgan fingerprint density at radius 3 is 2.80 bits per heavy atom. The van der Waals surface area contributed by atoms with E-state index in [1.165, 1.54) is 10.8 Å². The van der Waals surface area contributed by atoms with Gasteiger partial charge in [-0.15, -0.1) is 0 Å². The smallest absolute Gasteiger partial charge is 0.330 e. The third-order valence-corrected chi connectivity index (χ3v) is 5.75. The van der Waals surface area contributed by atoms with E-state index in [0.29, 0.717) is 43.0 Å². The Hall–Kier alpha value is -4.28. The number of anilines is 3. The van der Waals surface area contributed by atoms with Crippen molar-refractivity contribution >= 4 is 29.0 Å². The predicted octanol–water partition coefficient (Wildman–Crippen LogP) is 2.01. The number of aromatic nitrogens is 2. The lowest BCUT2D eigenvalue weighted by atomic mass is 10.0. The summed E-state index contributed by atoms with van der Waals surface area (Å²) < 4.78 is 12.4. The lowest BCUT2D eigenvalue weighted by Crippen LogP contribution is -2.42. The van der Waals surface area contributed by atoms with Crippen LogP contribution in [0.15, 0.2) is 50.6 Å². The fourth-order valence-corrected chi connectivity index (χ4v) is 3.90. The third kappa shape index (κ3) is 5.29. The van der Waals surface area contributed by atoms with Crippen LogP contribution in [0.4, 0.5) is 17.2 Å². The second-order valence-electron chi connectivity index (χ2n) is 8.21. The Bertz CT molecular complexity index is 1340. The SMILES string of the molecule is CCCCn1c(N)c(N(Cc2ccco2)C(=O)COc2ccc3c(c2)CCC(=O)N3)c(=O)[nH]c1=O. The molecule has 1 aromatic carbocycles. The number of nitrogens with two attached hydrogens (primary N) is 1. The molecule has 11 nitrogen and oxygen atoms in total. The molecule has 0 radical (unpaired) electrons. The molecule has 0 saturated carbocycles. The summed E-state index contributed by atoms with van der Waals surface area (Å²) in [6.07, 6.45) is 3.89. The van der Waals surface area contributed by atoms with Crippen molar-refractivity contribution in [3.63, 3.8) is 0 Å². The van der Waals surface area contributed by atoms with Crippen molar-refractivity contribution in [2.75, 3.05) is 22.6 Å². The molecule has 3 heterocycles. The van der Waals surface area contributed by atoms with Crippen molar-refractivity contribution in [1.82, 2.24) is 9.55 Å². The molecule has 2 aromatic heterocycles. The Morgan fingerprint density at radius 1 is 1.23 bits per heavy atom. The van der Waals surface area contributed by atoms with Gasteiger partial charge in [0.1, 0.15) is 17.3 Å². The van der Waals surface area contributed by atoms with E-state index in [1.54, 1.807) is 30.3 Å². The van der Waals surface area contributed by atoms with Gasteiger partial charge in [0.2, 0.25) is 5.91 Å². The van der Waals surface area contributed by atoms with Crippen LogP contribution in [0.25, 0.3) is 0 Å². The molecule has 11 heteroatoms. The highest BCUT2D eigenvalue weighted by atomic mass is 16.5. The van der Waals surface area contributed by atoms with E-state index in [9.17, 15) is 19.2 Å². The van der Waals surface area contributed by atoms with Gasteiger partial charge in [0.05, 0.1) is 12.8 Å². The number of H-pyrrole nitrogens is 1. The quantitative estimate of drug-likeness (QED) is 0.423. The molecule has 0 bridgehead atoms. The zero-order chi connectivity index (χ0) is 24.9. The summed E-state index contributed by atoms with van der Waals surface area (Å²) in [6.45, 7) is 1.80. The number of hydrogen-bond donors (Lipinski definition) is 3. The van der Waals surface area contributed by atoms with E-state index in [-0.39, 0.29) is 24.0 Å². The number of hydrogen-bond acceptors (Lipinski definition) is 7. The third-order valence-electron chi connectivity index (χ3n) is 5.75. The van der Waals surface area contributed by atoms with Crippen molar-refractivity contribution < 1.29 is 18.7 Å². The molecule has 184 valence electrons. The fourth-order valence-electron chi connectivity index (χ4n) is 3.90. The number of benzene rings is 1. The average molecular weight is 482 g/mol. The summed E-state index contributed by atoms with van der Waals surface area (Å²) in [7, 11) is 0. The van der Waals surface area contributed by atoms with E-state index < -0.39 is 23.8 Å². The number of unbranched alkanes of at least 4 members (excludes halogenated alkanes) is 1. The maximum Gasteiger partial charge on any atom is 0.330 e. The second-order valence-corrected chi connectivity index (χ2v) is 8.21. The largest absolute Gasteiger partial charge is 0.484 e. The molecule has 0 fully saturated rings. The van der Waals surface area contributed by atoms with Crippen LogP contribution < -0.4 is 31.9 Å². The van der Waals surface area contributed by atoms with Crippen LogP contribution >= 0.6 is 0 Å². The van der Waals surface area contributed by atoms with Gasteiger partial charge in [-0.05, 0) is 48.7 Å². The number of aromatic amines is 1. The molecular formula is C24H27N5O6. The molecule has 0 spiro atoms. The van der Waals surface area contributed by atoms with Crippen LogP contribution in [0.5, 0.6) is 5.75 Å². The molecule has 4 N–H and O–H groups in total. The second kappa shape index (κ2) is 10.3. The number of amides is 2. The first-order valence-electron chi connectivity index (χ1n) is 11.4. The van der Waals surface area contributed by atoms with Gasteiger partial charge in [0.25, 0.3) is 11.5 Å². The first-order chi connectivity index (χ1) is 16.9. The van der Waals surface area contributed by atoms with E-state index in [4.69, 9.17) is 14.9 Å². The number of nitrogen functional groups attached to an aromatic ring is 1. The van der Waals surface area contributed by atoms with E-state index in [2.05, 4.69) is 10.3 Å². The van der Waals surface area contributed by atoms with Gasteiger partial charge in [0.15, 0.2) is 12.3 Å². The number of furan rings is 1. The summed E-state index contributed by atoms with van der Waals surface area (Å²) >= 11 is 0. The lowest BCUT2D eigenvalue weighted by molar-refractivity contribution is -0.120. The lowest BCUT2D eigenvalue weighted by Gasteiger charge is -2.24. The van der Waals surface area contributed by atoms with Crippen LogP contribution in [-0.4, -0.2) is 28.0 Å². The molecule has 1 aliphatic rings. The normalized spacial score (nSPS) is 12.7. The number of carbonyl (C=O) groups excluding carboxylic acids is 2. The number of ether oxygens (including phenoxy) is 1. The maximum absolute atomic E-state index is 13.3. The minimum absolute atomic E-state index is 0.0435. The van der Waals surface area contributed by atoms with Crippen LogP contribution in [0.2, 0.25) is 0 Å². The molecular weight excluding hydrogens is 454 g/mol. The zero-order valence-corrected chi connectivity index (χ0v) is 19.3. The number of nitrogens with zero attached hydrogens (tertiary/aromatic N) is 2. The number of aryl methyl sites for hydroxylation is 1. The van der Waals surface area contributed by atoms with Crippen molar-refractivity contribution in [3.05, 3.63) is 68.8 Å². The van der Waals surface area contributed by atoms with Crippen molar-refractivity contribution in [3.8, 4) is 5.75 Å². The topological polar surface area (TPSA) is 153 Å². The van der Waals surface area contributed by atoms with E-state index >= 15 is 0 Å². The Morgan fingerprint density at radius 2 is 2.06 bits per heavy atom. The van der Waals surface area contributed by atoms with Crippen LogP contribution in [-0.2, 0) is 29.1 Å². The zero-order valence-electron chi connectivity index (χ0n) is 19.3.